The van der Waals surface area contributed by atoms with E-state index in [0.29, 0.717) is 5.56 Å². The third-order valence-corrected chi connectivity index (χ3v) is 5.19. The first-order valence-electron chi connectivity index (χ1n) is 8.64. The number of benzene rings is 2. The fourth-order valence-corrected chi connectivity index (χ4v) is 3.31. The molecular weight excluding hydrogens is 397 g/mol. The van der Waals surface area contributed by atoms with Crippen LogP contribution in [0.2, 0.25) is 0 Å². The van der Waals surface area contributed by atoms with Crippen LogP contribution >= 0.6 is 0 Å². The standard InChI is InChI=1S/C20H20FN3O4S/c1-2-10-24-29(27,28)18-8-6-16(7-9-18)20(26)23-12-11-22-19(25)14-15-4-3-5-17(21)13-15/h1,3-9,13,24H,10-12,14H2,(H,22,25)(H,23,26). The number of sulfonamides is 1. The predicted molar refractivity (Wildman–Crippen MR) is 106 cm³/mol. The van der Waals surface area contributed by atoms with Crippen LogP contribution in [0.1, 0.15) is 15.9 Å². The SMILES string of the molecule is C#CCNS(=O)(=O)c1ccc(C(=O)NCCNC(=O)Cc2cccc(F)c2)cc1. The number of nitrogens with one attached hydrogen (secondary N) is 3. The van der Waals surface area contributed by atoms with Gasteiger partial charge in [0.15, 0.2) is 0 Å². The zero-order valence-electron chi connectivity index (χ0n) is 15.4. The van der Waals surface area contributed by atoms with Crippen LogP contribution in [-0.4, -0.2) is 39.9 Å². The quantitative estimate of drug-likeness (QED) is 0.415. The fourth-order valence-electron chi connectivity index (χ4n) is 2.38. The van der Waals surface area contributed by atoms with Crippen molar-refractivity contribution in [1.29, 1.82) is 0 Å². The van der Waals surface area contributed by atoms with E-state index in [1.54, 1.807) is 6.07 Å². The van der Waals surface area contributed by atoms with Gasteiger partial charge in [0.1, 0.15) is 5.82 Å². The molecule has 0 bridgehead atoms. The summed E-state index contributed by atoms with van der Waals surface area (Å²) in [6.07, 6.45) is 5.06. The first-order chi connectivity index (χ1) is 13.8. The average molecular weight is 417 g/mol. The summed E-state index contributed by atoms with van der Waals surface area (Å²) < 4.78 is 39.2. The van der Waals surface area contributed by atoms with Crippen molar-refractivity contribution in [1.82, 2.24) is 15.4 Å². The average Bonchev–Trinajstić information content (AvgIpc) is 2.69. The summed E-state index contributed by atoms with van der Waals surface area (Å²) >= 11 is 0. The summed E-state index contributed by atoms with van der Waals surface area (Å²) in [7, 11) is -3.72. The van der Waals surface area contributed by atoms with Crippen LogP contribution in [-0.2, 0) is 21.2 Å². The number of hydrogen-bond acceptors (Lipinski definition) is 4. The maximum Gasteiger partial charge on any atom is 0.251 e. The number of amides is 2. The van der Waals surface area contributed by atoms with Crippen molar-refractivity contribution < 1.29 is 22.4 Å². The highest BCUT2D eigenvalue weighted by Gasteiger charge is 2.14. The van der Waals surface area contributed by atoms with Gasteiger partial charge in [-0.15, -0.1) is 6.42 Å². The van der Waals surface area contributed by atoms with Crippen LogP contribution in [0.15, 0.2) is 53.4 Å². The summed E-state index contributed by atoms with van der Waals surface area (Å²) in [6.45, 7) is 0.245. The Balaban J connectivity index is 1.78. The predicted octanol–water partition coefficient (Wildman–Crippen LogP) is 0.826. The Morgan fingerprint density at radius 1 is 1.03 bits per heavy atom. The van der Waals surface area contributed by atoms with E-state index in [2.05, 4.69) is 21.3 Å². The molecular formula is C20H20FN3O4S. The molecule has 0 aromatic heterocycles. The molecule has 0 atom stereocenters. The summed E-state index contributed by atoms with van der Waals surface area (Å²) in [5, 5.41) is 5.24. The third kappa shape index (κ3) is 7.03. The van der Waals surface area contributed by atoms with Crippen LogP contribution in [0.4, 0.5) is 4.39 Å². The smallest absolute Gasteiger partial charge is 0.251 e. The second-order valence-corrected chi connectivity index (χ2v) is 7.73. The number of terminal acetylenes is 1. The zero-order chi connectivity index (χ0) is 21.3. The molecule has 0 fully saturated rings. The maximum atomic E-state index is 13.1. The second kappa shape index (κ2) is 10.4. The molecule has 2 aromatic carbocycles. The summed E-state index contributed by atoms with van der Waals surface area (Å²) in [5.74, 6) is 1.06. The Kier molecular flexibility index (Phi) is 7.88. The van der Waals surface area contributed by atoms with Crippen LogP contribution in [0.25, 0.3) is 0 Å². The Hall–Kier alpha value is -3.22. The lowest BCUT2D eigenvalue weighted by molar-refractivity contribution is -0.120. The molecule has 0 aliphatic heterocycles. The molecule has 2 rings (SSSR count). The Morgan fingerprint density at radius 2 is 1.72 bits per heavy atom. The highest BCUT2D eigenvalue weighted by molar-refractivity contribution is 7.89. The van der Waals surface area contributed by atoms with Gasteiger partial charge >= 0.3 is 0 Å². The van der Waals surface area contributed by atoms with Crippen molar-refractivity contribution in [2.75, 3.05) is 19.6 Å². The monoisotopic (exact) mass is 417 g/mol. The van der Waals surface area contributed by atoms with E-state index in [9.17, 15) is 22.4 Å². The lowest BCUT2D eigenvalue weighted by Crippen LogP contribution is -2.35. The number of carbonyl (C=O) groups excluding carboxylic acids is 2. The number of carbonyl (C=O) groups is 2. The lowest BCUT2D eigenvalue weighted by atomic mass is 10.1. The van der Waals surface area contributed by atoms with Crippen LogP contribution in [0.5, 0.6) is 0 Å². The normalized spacial score (nSPS) is 10.8. The molecule has 0 unspecified atom stereocenters. The summed E-state index contributed by atoms with van der Waals surface area (Å²) in [6, 6.07) is 11.1. The van der Waals surface area contributed by atoms with Gasteiger partial charge in [0.2, 0.25) is 15.9 Å². The van der Waals surface area contributed by atoms with E-state index in [4.69, 9.17) is 6.42 Å². The number of halogens is 1. The highest BCUT2D eigenvalue weighted by atomic mass is 32.2. The molecule has 2 aromatic rings. The van der Waals surface area contributed by atoms with E-state index in [1.165, 1.54) is 42.5 Å². The van der Waals surface area contributed by atoms with Gasteiger partial charge in [0, 0.05) is 18.7 Å². The Bertz CT molecular complexity index is 1010. The first-order valence-corrected chi connectivity index (χ1v) is 10.1. The topological polar surface area (TPSA) is 104 Å². The van der Waals surface area contributed by atoms with Crippen molar-refractivity contribution in [3.63, 3.8) is 0 Å². The molecule has 2 amide bonds. The van der Waals surface area contributed by atoms with Crippen molar-refractivity contribution in [2.24, 2.45) is 0 Å². The molecule has 152 valence electrons. The van der Waals surface area contributed by atoms with Crippen molar-refractivity contribution in [2.45, 2.75) is 11.3 Å². The molecule has 0 heterocycles. The Labute approximate surface area is 168 Å². The second-order valence-electron chi connectivity index (χ2n) is 5.97. The molecule has 0 saturated carbocycles. The van der Waals surface area contributed by atoms with E-state index in [0.717, 1.165) is 0 Å². The van der Waals surface area contributed by atoms with Gasteiger partial charge < -0.3 is 10.6 Å². The molecule has 0 aliphatic rings. The van der Waals surface area contributed by atoms with Gasteiger partial charge in [-0.3, -0.25) is 9.59 Å². The first kappa shape index (κ1) is 22.1. The minimum absolute atomic E-state index is 0.00564. The van der Waals surface area contributed by atoms with Gasteiger partial charge in [-0.2, -0.15) is 4.72 Å². The van der Waals surface area contributed by atoms with Gasteiger partial charge in [-0.05, 0) is 42.0 Å². The minimum Gasteiger partial charge on any atom is -0.354 e. The van der Waals surface area contributed by atoms with E-state index >= 15 is 0 Å². The van der Waals surface area contributed by atoms with Gasteiger partial charge in [-0.25, -0.2) is 12.8 Å². The summed E-state index contributed by atoms with van der Waals surface area (Å²) in [5.41, 5.74) is 0.824. The van der Waals surface area contributed by atoms with Crippen molar-refractivity contribution in [3.8, 4) is 12.3 Å². The maximum absolute atomic E-state index is 13.1. The third-order valence-electron chi connectivity index (χ3n) is 3.78. The van der Waals surface area contributed by atoms with E-state index < -0.39 is 21.7 Å². The Morgan fingerprint density at radius 3 is 2.38 bits per heavy atom. The van der Waals surface area contributed by atoms with Crippen LogP contribution in [0, 0.1) is 18.2 Å². The molecule has 0 radical (unpaired) electrons. The highest BCUT2D eigenvalue weighted by Crippen LogP contribution is 2.10. The van der Waals surface area contributed by atoms with Gasteiger partial charge in [0.25, 0.3) is 5.91 Å². The minimum atomic E-state index is -3.72. The van der Waals surface area contributed by atoms with Crippen LogP contribution < -0.4 is 15.4 Å². The largest absolute Gasteiger partial charge is 0.354 e. The van der Waals surface area contributed by atoms with E-state index in [-0.39, 0.29) is 42.4 Å². The zero-order valence-corrected chi connectivity index (χ0v) is 16.3. The molecule has 0 spiro atoms. The molecule has 0 saturated heterocycles. The van der Waals surface area contributed by atoms with Crippen LogP contribution in [0.3, 0.4) is 0 Å². The van der Waals surface area contributed by atoms with Crippen molar-refractivity contribution >= 4 is 21.8 Å². The number of hydrogen-bond donors (Lipinski definition) is 3. The molecule has 3 N–H and O–H groups in total. The van der Waals surface area contributed by atoms with Crippen molar-refractivity contribution in [3.05, 3.63) is 65.5 Å². The van der Waals surface area contributed by atoms with Gasteiger partial charge in [0.05, 0.1) is 17.9 Å². The molecule has 9 heteroatoms. The van der Waals surface area contributed by atoms with E-state index in [1.807, 2.05) is 0 Å². The molecule has 29 heavy (non-hydrogen) atoms. The number of rotatable bonds is 9. The fraction of sp³-hybridized carbons (Fsp3) is 0.200. The molecule has 7 nitrogen and oxygen atoms in total. The lowest BCUT2D eigenvalue weighted by Gasteiger charge is -2.08. The van der Waals surface area contributed by atoms with Gasteiger partial charge in [-0.1, -0.05) is 18.1 Å². The summed E-state index contributed by atoms with van der Waals surface area (Å²) in [4.78, 5) is 23.9. The molecule has 0 aliphatic carbocycles.